The summed E-state index contributed by atoms with van der Waals surface area (Å²) in [6.45, 7) is 0. The van der Waals surface area contributed by atoms with Gasteiger partial charge in [0.1, 0.15) is 0 Å². The Kier molecular flexibility index (Phi) is 5.60. The van der Waals surface area contributed by atoms with E-state index in [0.29, 0.717) is 5.56 Å². The maximum atomic E-state index is 12.7. The van der Waals surface area contributed by atoms with Crippen molar-refractivity contribution in [2.45, 2.75) is 24.8 Å². The van der Waals surface area contributed by atoms with Gasteiger partial charge in [0.05, 0.1) is 17.2 Å². The highest BCUT2D eigenvalue weighted by molar-refractivity contribution is 5.94. The molecular formula is C17H14F6N2O. The molecule has 0 heterocycles. The molecule has 3 nitrogen and oxygen atoms in total. The summed E-state index contributed by atoms with van der Waals surface area (Å²) in [7, 11) is 0. The minimum atomic E-state index is -4.55. The number of rotatable bonds is 4. The number of carbonyl (C=O) groups is 1. The van der Waals surface area contributed by atoms with Gasteiger partial charge in [0.2, 0.25) is 5.91 Å². The standard InChI is InChI=1S/C17H14F6N2O/c18-16(19,20)11-6-4-10(5-7-11)8-14(24)15(26)25-13-3-1-2-12(9-13)17(21,22)23/h1-7,9,14H,8,24H2,(H,25,26). The van der Waals surface area contributed by atoms with Crippen LogP contribution in [0.15, 0.2) is 48.5 Å². The van der Waals surface area contributed by atoms with Gasteiger partial charge in [-0.15, -0.1) is 0 Å². The van der Waals surface area contributed by atoms with Crippen LogP contribution in [-0.4, -0.2) is 11.9 Å². The van der Waals surface area contributed by atoms with Crippen LogP contribution in [0.1, 0.15) is 16.7 Å². The smallest absolute Gasteiger partial charge is 0.325 e. The number of hydrogen-bond acceptors (Lipinski definition) is 2. The van der Waals surface area contributed by atoms with E-state index in [9.17, 15) is 31.1 Å². The third-order valence-electron chi connectivity index (χ3n) is 3.53. The Morgan fingerprint density at radius 3 is 2.04 bits per heavy atom. The first-order chi connectivity index (χ1) is 12.0. The van der Waals surface area contributed by atoms with Gasteiger partial charge in [-0.25, -0.2) is 0 Å². The predicted octanol–water partition coefficient (Wildman–Crippen LogP) is 4.23. The molecule has 9 heteroatoms. The second-order valence-corrected chi connectivity index (χ2v) is 5.57. The van der Waals surface area contributed by atoms with Crippen LogP contribution < -0.4 is 11.1 Å². The second kappa shape index (κ2) is 7.36. The highest BCUT2D eigenvalue weighted by atomic mass is 19.4. The van der Waals surface area contributed by atoms with Gasteiger partial charge in [-0.2, -0.15) is 26.3 Å². The largest absolute Gasteiger partial charge is 0.416 e. The molecule has 0 saturated carbocycles. The molecule has 0 spiro atoms. The van der Waals surface area contributed by atoms with Gasteiger partial charge < -0.3 is 11.1 Å². The van der Waals surface area contributed by atoms with Crippen molar-refractivity contribution in [2.24, 2.45) is 5.73 Å². The zero-order valence-electron chi connectivity index (χ0n) is 13.2. The van der Waals surface area contributed by atoms with Crippen LogP contribution in [0.3, 0.4) is 0 Å². The van der Waals surface area contributed by atoms with Crippen molar-refractivity contribution in [3.63, 3.8) is 0 Å². The molecule has 2 aromatic carbocycles. The van der Waals surface area contributed by atoms with Crippen molar-refractivity contribution < 1.29 is 31.1 Å². The van der Waals surface area contributed by atoms with Gasteiger partial charge in [0, 0.05) is 5.69 Å². The summed E-state index contributed by atoms with van der Waals surface area (Å²) in [5, 5.41) is 2.27. The van der Waals surface area contributed by atoms with Crippen LogP contribution in [0.4, 0.5) is 32.0 Å². The van der Waals surface area contributed by atoms with Crippen molar-refractivity contribution in [3.8, 4) is 0 Å². The molecule has 26 heavy (non-hydrogen) atoms. The van der Waals surface area contributed by atoms with Crippen LogP contribution in [0.25, 0.3) is 0 Å². The highest BCUT2D eigenvalue weighted by Crippen LogP contribution is 2.31. The highest BCUT2D eigenvalue weighted by Gasteiger charge is 2.31. The van der Waals surface area contributed by atoms with Gasteiger partial charge in [-0.05, 0) is 42.3 Å². The van der Waals surface area contributed by atoms with Gasteiger partial charge in [0.25, 0.3) is 0 Å². The minimum absolute atomic E-state index is 0.0665. The van der Waals surface area contributed by atoms with Crippen LogP contribution in [-0.2, 0) is 23.6 Å². The van der Waals surface area contributed by atoms with E-state index in [0.717, 1.165) is 30.3 Å². The molecule has 1 amide bonds. The molecule has 0 saturated heterocycles. The summed E-state index contributed by atoms with van der Waals surface area (Å²) < 4.78 is 75.5. The summed E-state index contributed by atoms with van der Waals surface area (Å²) in [6, 6.07) is 7.03. The number of hydrogen-bond donors (Lipinski definition) is 2. The van der Waals surface area contributed by atoms with Gasteiger partial charge in [-0.3, -0.25) is 4.79 Å². The van der Waals surface area contributed by atoms with Crippen LogP contribution in [0, 0.1) is 0 Å². The summed E-state index contributed by atoms with van der Waals surface area (Å²) >= 11 is 0. The second-order valence-electron chi connectivity index (χ2n) is 5.57. The average Bonchev–Trinajstić information content (AvgIpc) is 2.54. The van der Waals surface area contributed by atoms with E-state index in [1.165, 1.54) is 18.2 Å². The van der Waals surface area contributed by atoms with Gasteiger partial charge >= 0.3 is 12.4 Å². The van der Waals surface area contributed by atoms with E-state index in [1.807, 2.05) is 0 Å². The molecule has 0 aliphatic heterocycles. The van der Waals surface area contributed by atoms with Crippen molar-refractivity contribution in [1.82, 2.24) is 0 Å². The monoisotopic (exact) mass is 376 g/mol. The van der Waals surface area contributed by atoms with E-state index < -0.39 is 35.4 Å². The fourth-order valence-electron chi connectivity index (χ4n) is 2.18. The summed E-state index contributed by atoms with van der Waals surface area (Å²) in [5.41, 5.74) is 4.25. The van der Waals surface area contributed by atoms with Crippen molar-refractivity contribution >= 4 is 11.6 Å². The predicted molar refractivity (Wildman–Crippen MR) is 83.2 cm³/mol. The lowest BCUT2D eigenvalue weighted by molar-refractivity contribution is -0.138. The third kappa shape index (κ3) is 5.22. The van der Waals surface area contributed by atoms with Crippen molar-refractivity contribution in [2.75, 3.05) is 5.32 Å². The van der Waals surface area contributed by atoms with E-state index in [4.69, 9.17) is 5.73 Å². The fraction of sp³-hybridized carbons (Fsp3) is 0.235. The minimum Gasteiger partial charge on any atom is -0.325 e. The van der Waals surface area contributed by atoms with Crippen LogP contribution >= 0.6 is 0 Å². The van der Waals surface area contributed by atoms with E-state index in [-0.39, 0.29) is 12.1 Å². The topological polar surface area (TPSA) is 55.1 Å². The molecule has 2 rings (SSSR count). The summed E-state index contributed by atoms with van der Waals surface area (Å²) in [5.74, 6) is -0.746. The first kappa shape index (κ1) is 19.8. The lowest BCUT2D eigenvalue weighted by Crippen LogP contribution is -2.37. The number of carbonyl (C=O) groups excluding carboxylic acids is 1. The third-order valence-corrected chi connectivity index (χ3v) is 3.53. The Morgan fingerprint density at radius 1 is 0.923 bits per heavy atom. The normalized spacial score (nSPS) is 13.3. The molecular weight excluding hydrogens is 362 g/mol. The Hall–Kier alpha value is -2.55. The van der Waals surface area contributed by atoms with E-state index in [2.05, 4.69) is 5.32 Å². The lowest BCUT2D eigenvalue weighted by atomic mass is 10.0. The molecule has 0 aliphatic carbocycles. The molecule has 1 unspecified atom stereocenters. The first-order valence-corrected chi connectivity index (χ1v) is 7.36. The molecule has 3 N–H and O–H groups in total. The molecule has 0 bridgehead atoms. The average molecular weight is 376 g/mol. The molecule has 0 aliphatic rings. The zero-order valence-corrected chi connectivity index (χ0v) is 13.2. The number of nitrogens with one attached hydrogen (secondary N) is 1. The Bertz CT molecular complexity index is 768. The molecule has 1 atom stereocenters. The van der Waals surface area contributed by atoms with Crippen molar-refractivity contribution in [1.29, 1.82) is 0 Å². The Labute approximate surface area is 144 Å². The number of anilines is 1. The Morgan fingerprint density at radius 2 is 1.50 bits per heavy atom. The zero-order chi connectivity index (χ0) is 19.5. The number of alkyl halides is 6. The summed E-state index contributed by atoms with van der Waals surface area (Å²) in [4.78, 5) is 12.0. The number of amides is 1. The summed E-state index contributed by atoms with van der Waals surface area (Å²) in [6.07, 6.45) is -9.09. The van der Waals surface area contributed by atoms with Crippen LogP contribution in [0.2, 0.25) is 0 Å². The van der Waals surface area contributed by atoms with Crippen molar-refractivity contribution in [3.05, 3.63) is 65.2 Å². The lowest BCUT2D eigenvalue weighted by Gasteiger charge is -2.14. The maximum Gasteiger partial charge on any atom is 0.416 e. The number of nitrogens with two attached hydrogens (primary N) is 1. The maximum absolute atomic E-state index is 12.7. The molecule has 0 radical (unpaired) electrons. The molecule has 0 fully saturated rings. The number of halogens is 6. The quantitative estimate of drug-likeness (QED) is 0.785. The molecule has 0 aromatic heterocycles. The van der Waals surface area contributed by atoms with E-state index >= 15 is 0 Å². The SMILES string of the molecule is NC(Cc1ccc(C(F)(F)F)cc1)C(=O)Nc1cccc(C(F)(F)F)c1. The Balaban J connectivity index is 2.02. The fourth-order valence-corrected chi connectivity index (χ4v) is 2.18. The van der Waals surface area contributed by atoms with Gasteiger partial charge in [0.15, 0.2) is 0 Å². The first-order valence-electron chi connectivity index (χ1n) is 7.36. The van der Waals surface area contributed by atoms with E-state index in [1.54, 1.807) is 0 Å². The number of benzene rings is 2. The molecule has 140 valence electrons. The van der Waals surface area contributed by atoms with Crippen LogP contribution in [0.5, 0.6) is 0 Å². The molecule has 2 aromatic rings. The van der Waals surface area contributed by atoms with Gasteiger partial charge in [-0.1, -0.05) is 18.2 Å².